The molecule has 0 aromatic heterocycles. The van der Waals surface area contributed by atoms with Crippen molar-refractivity contribution in [2.24, 2.45) is 0 Å². The van der Waals surface area contributed by atoms with Crippen LogP contribution in [0.25, 0.3) is 0 Å². The summed E-state index contributed by atoms with van der Waals surface area (Å²) in [5.74, 6) is -0.391. The monoisotopic (exact) mass is 245 g/mol. The van der Waals surface area contributed by atoms with Gasteiger partial charge in [0, 0.05) is 35.4 Å². The number of benzene rings is 1. The van der Waals surface area contributed by atoms with E-state index in [0.717, 1.165) is 5.56 Å². The number of aromatic hydroxyl groups is 1. The van der Waals surface area contributed by atoms with Gasteiger partial charge in [-0.05, 0) is 24.6 Å². The molecule has 0 spiro atoms. The van der Waals surface area contributed by atoms with Crippen molar-refractivity contribution in [3.8, 4) is 5.75 Å². The van der Waals surface area contributed by atoms with Gasteiger partial charge in [-0.15, -0.1) is 0 Å². The molecule has 2 N–H and O–H groups in total. The molecule has 3 nitrogen and oxygen atoms in total. The molecule has 0 saturated carbocycles. The van der Waals surface area contributed by atoms with Crippen LogP contribution < -0.4 is 5.32 Å². The third kappa shape index (κ3) is 4.28. The fraction of sp³-hybridized carbons (Fsp3) is 0.455. The van der Waals surface area contributed by atoms with Crippen LogP contribution in [-0.2, 0) is 17.3 Å². The smallest absolute Gasteiger partial charge is 0.165 e. The molecule has 16 heavy (non-hydrogen) atoms. The van der Waals surface area contributed by atoms with Crippen LogP contribution in [0, 0.1) is 5.82 Å². The Kier molecular flexibility index (Phi) is 4.89. The van der Waals surface area contributed by atoms with Crippen LogP contribution in [0.15, 0.2) is 18.2 Å². The number of halogens is 1. The molecule has 0 aliphatic carbocycles. The molecule has 5 heteroatoms. The van der Waals surface area contributed by atoms with Gasteiger partial charge >= 0.3 is 0 Å². The number of hydrogen-bond acceptors (Lipinski definition) is 3. The van der Waals surface area contributed by atoms with Gasteiger partial charge in [0.2, 0.25) is 0 Å². The molecular formula is C11H16FNO2S. The Hall–Kier alpha value is -0.940. The van der Waals surface area contributed by atoms with Gasteiger partial charge < -0.3 is 10.4 Å². The van der Waals surface area contributed by atoms with Gasteiger partial charge in [-0.1, -0.05) is 6.07 Å². The first-order chi connectivity index (χ1) is 7.49. The van der Waals surface area contributed by atoms with E-state index in [4.69, 9.17) is 5.11 Å². The normalized spacial score (nSPS) is 14.7. The molecule has 1 aromatic rings. The average Bonchev–Trinajstić information content (AvgIpc) is 2.19. The van der Waals surface area contributed by atoms with Gasteiger partial charge in [-0.2, -0.15) is 0 Å². The molecule has 0 amide bonds. The lowest BCUT2D eigenvalue weighted by atomic mass is 10.2. The van der Waals surface area contributed by atoms with Crippen molar-refractivity contribution in [3.05, 3.63) is 29.6 Å². The van der Waals surface area contributed by atoms with Crippen molar-refractivity contribution in [2.75, 3.05) is 12.0 Å². The summed E-state index contributed by atoms with van der Waals surface area (Å²) >= 11 is 0. The minimum Gasteiger partial charge on any atom is -0.505 e. The van der Waals surface area contributed by atoms with Gasteiger partial charge in [0.05, 0.1) is 0 Å². The molecule has 90 valence electrons. The van der Waals surface area contributed by atoms with Crippen LogP contribution in [0.1, 0.15) is 12.5 Å². The zero-order valence-corrected chi connectivity index (χ0v) is 10.2. The van der Waals surface area contributed by atoms with Crippen LogP contribution in [-0.4, -0.2) is 27.4 Å². The second-order valence-electron chi connectivity index (χ2n) is 3.81. The minimum atomic E-state index is -0.838. The summed E-state index contributed by atoms with van der Waals surface area (Å²) in [6.07, 6.45) is 1.65. The van der Waals surface area contributed by atoms with Crippen molar-refractivity contribution < 1.29 is 13.7 Å². The molecular weight excluding hydrogens is 229 g/mol. The quantitative estimate of drug-likeness (QED) is 0.824. The van der Waals surface area contributed by atoms with E-state index in [9.17, 15) is 8.60 Å². The summed E-state index contributed by atoms with van der Waals surface area (Å²) in [6, 6.07) is 4.39. The van der Waals surface area contributed by atoms with Crippen LogP contribution in [0.4, 0.5) is 4.39 Å². The van der Waals surface area contributed by atoms with E-state index >= 15 is 0 Å². The maximum Gasteiger partial charge on any atom is 0.165 e. The molecule has 1 aromatic carbocycles. The highest BCUT2D eigenvalue weighted by molar-refractivity contribution is 7.84. The molecule has 0 heterocycles. The average molecular weight is 245 g/mol. The van der Waals surface area contributed by atoms with E-state index in [2.05, 4.69) is 5.32 Å². The van der Waals surface area contributed by atoms with E-state index in [1.54, 1.807) is 12.3 Å². The Labute approximate surface area is 97.1 Å². The molecule has 0 radical (unpaired) electrons. The van der Waals surface area contributed by atoms with Crippen LogP contribution >= 0.6 is 0 Å². The summed E-state index contributed by atoms with van der Waals surface area (Å²) in [5.41, 5.74) is 0.754. The first-order valence-corrected chi connectivity index (χ1v) is 6.72. The van der Waals surface area contributed by atoms with Crippen molar-refractivity contribution in [2.45, 2.75) is 19.5 Å². The Morgan fingerprint density at radius 2 is 2.25 bits per heavy atom. The molecule has 0 aliphatic heterocycles. The Morgan fingerprint density at radius 3 is 2.81 bits per heavy atom. The molecule has 2 atom stereocenters. The molecule has 2 unspecified atom stereocenters. The Balaban J connectivity index is 2.48. The zero-order valence-electron chi connectivity index (χ0n) is 9.37. The number of phenols is 1. The number of hydrogen-bond donors (Lipinski definition) is 2. The lowest BCUT2D eigenvalue weighted by Crippen LogP contribution is -2.30. The van der Waals surface area contributed by atoms with E-state index in [1.807, 2.05) is 6.92 Å². The highest BCUT2D eigenvalue weighted by atomic mass is 32.2. The van der Waals surface area contributed by atoms with Crippen molar-refractivity contribution in [1.82, 2.24) is 5.32 Å². The number of phenolic OH excluding ortho intramolecular Hbond substituents is 1. The first kappa shape index (κ1) is 13.1. The second-order valence-corrected chi connectivity index (χ2v) is 5.29. The standard InChI is InChI=1S/C11H16FNO2S/c1-8(7-16(2)15)13-6-9-3-4-11(14)10(12)5-9/h3-5,8,13-14H,6-7H2,1-2H3. The summed E-state index contributed by atoms with van der Waals surface area (Å²) in [5, 5.41) is 12.1. The van der Waals surface area contributed by atoms with Gasteiger partial charge in [-0.3, -0.25) is 4.21 Å². The van der Waals surface area contributed by atoms with Gasteiger partial charge in [0.15, 0.2) is 11.6 Å². The number of nitrogens with one attached hydrogen (secondary N) is 1. The summed E-state index contributed by atoms with van der Waals surface area (Å²) in [6.45, 7) is 2.42. The Morgan fingerprint density at radius 1 is 1.56 bits per heavy atom. The van der Waals surface area contributed by atoms with Crippen molar-refractivity contribution >= 4 is 10.8 Å². The highest BCUT2D eigenvalue weighted by Gasteiger charge is 2.05. The maximum atomic E-state index is 13.0. The van der Waals surface area contributed by atoms with E-state index in [-0.39, 0.29) is 11.8 Å². The van der Waals surface area contributed by atoms with E-state index in [1.165, 1.54) is 12.1 Å². The Bertz CT molecular complexity index is 384. The van der Waals surface area contributed by atoms with E-state index < -0.39 is 16.6 Å². The van der Waals surface area contributed by atoms with Crippen molar-refractivity contribution in [1.29, 1.82) is 0 Å². The first-order valence-electron chi connectivity index (χ1n) is 5.00. The van der Waals surface area contributed by atoms with E-state index in [0.29, 0.717) is 12.3 Å². The topological polar surface area (TPSA) is 49.3 Å². The van der Waals surface area contributed by atoms with Crippen LogP contribution in [0.3, 0.4) is 0 Å². The van der Waals surface area contributed by atoms with Gasteiger partial charge in [-0.25, -0.2) is 4.39 Å². The second kappa shape index (κ2) is 5.96. The lowest BCUT2D eigenvalue weighted by molar-refractivity contribution is 0.431. The third-order valence-electron chi connectivity index (χ3n) is 2.15. The fourth-order valence-electron chi connectivity index (χ4n) is 1.36. The minimum absolute atomic E-state index is 0.114. The molecule has 0 saturated heterocycles. The zero-order chi connectivity index (χ0) is 12.1. The van der Waals surface area contributed by atoms with Crippen molar-refractivity contribution in [3.63, 3.8) is 0 Å². The molecule has 0 aliphatic rings. The maximum absolute atomic E-state index is 13.0. The third-order valence-corrected chi connectivity index (χ3v) is 3.12. The molecule has 1 rings (SSSR count). The highest BCUT2D eigenvalue weighted by Crippen LogP contribution is 2.15. The predicted molar refractivity (Wildman–Crippen MR) is 63.3 cm³/mol. The summed E-state index contributed by atoms with van der Waals surface area (Å²) in [4.78, 5) is 0. The van der Waals surface area contributed by atoms with Crippen LogP contribution in [0.2, 0.25) is 0 Å². The largest absolute Gasteiger partial charge is 0.505 e. The summed E-state index contributed by atoms with van der Waals surface area (Å²) < 4.78 is 23.9. The molecule has 0 bridgehead atoms. The van der Waals surface area contributed by atoms with Gasteiger partial charge in [0.25, 0.3) is 0 Å². The van der Waals surface area contributed by atoms with Crippen LogP contribution in [0.5, 0.6) is 5.75 Å². The fourth-order valence-corrected chi connectivity index (χ4v) is 2.19. The predicted octanol–water partition coefficient (Wildman–Crippen LogP) is 1.39. The van der Waals surface area contributed by atoms with Gasteiger partial charge in [0.1, 0.15) is 0 Å². The molecule has 0 fully saturated rings. The SMILES string of the molecule is CC(CS(C)=O)NCc1ccc(O)c(F)c1. The lowest BCUT2D eigenvalue weighted by Gasteiger charge is -2.12. The summed E-state index contributed by atoms with van der Waals surface area (Å²) in [7, 11) is -0.838. The number of rotatable bonds is 5.